The maximum Gasteiger partial charge on any atom is 0.344 e. The van der Waals surface area contributed by atoms with E-state index in [1.807, 2.05) is 0 Å². The molecule has 0 aromatic carbocycles. The summed E-state index contributed by atoms with van der Waals surface area (Å²) in [5.41, 5.74) is 0. The van der Waals surface area contributed by atoms with Crippen LogP contribution in [0.15, 0.2) is 0 Å². The lowest BCUT2D eigenvalue weighted by atomic mass is 10.2. The van der Waals surface area contributed by atoms with Crippen molar-refractivity contribution in [3.05, 3.63) is 0 Å². The summed E-state index contributed by atoms with van der Waals surface area (Å²) in [6.45, 7) is 4.62. The van der Waals surface area contributed by atoms with E-state index >= 15 is 0 Å². The second-order valence-corrected chi connectivity index (χ2v) is 2.57. The number of carboxylic acids is 1. The molecule has 0 spiro atoms. The summed E-state index contributed by atoms with van der Waals surface area (Å²) in [4.78, 5) is 21.0. The zero-order valence-electron chi connectivity index (χ0n) is 6.83. The molecule has 4 nitrogen and oxygen atoms in total. The van der Waals surface area contributed by atoms with Gasteiger partial charge in [-0.05, 0) is 6.92 Å². The zero-order chi connectivity index (χ0) is 9.02. The van der Waals surface area contributed by atoms with Gasteiger partial charge in [0.25, 0.3) is 0 Å². The van der Waals surface area contributed by atoms with Gasteiger partial charge in [-0.3, -0.25) is 4.79 Å². The average Bonchev–Trinajstić information content (AvgIpc) is 1.87. The molecule has 0 aromatic rings. The molecule has 0 radical (unpaired) electrons. The second kappa shape index (κ2) is 3.95. The van der Waals surface area contributed by atoms with Gasteiger partial charge in [-0.25, -0.2) is 4.79 Å². The van der Waals surface area contributed by atoms with Crippen LogP contribution in [0.4, 0.5) is 0 Å². The molecule has 0 aliphatic rings. The molecule has 1 atom stereocenters. The van der Waals surface area contributed by atoms with Gasteiger partial charge in [0.1, 0.15) is 0 Å². The van der Waals surface area contributed by atoms with E-state index in [1.165, 1.54) is 6.92 Å². The van der Waals surface area contributed by atoms with Gasteiger partial charge in [-0.1, -0.05) is 13.8 Å². The van der Waals surface area contributed by atoms with Crippen molar-refractivity contribution in [2.24, 2.45) is 5.92 Å². The Morgan fingerprint density at radius 1 is 1.27 bits per heavy atom. The summed E-state index contributed by atoms with van der Waals surface area (Å²) >= 11 is 0. The summed E-state index contributed by atoms with van der Waals surface area (Å²) < 4.78 is 4.53. The maximum atomic E-state index is 10.8. The first-order valence-electron chi connectivity index (χ1n) is 3.38. The standard InChI is InChI=1S/C7H12O4/c1-4(2)7(10)11-5(3)6(8)9/h4-5H,1-3H3,(H,8,9)/t5-/m0/s1. The number of carbonyl (C=O) groups is 2. The summed E-state index contributed by atoms with van der Waals surface area (Å²) in [6, 6.07) is 0. The van der Waals surface area contributed by atoms with Crippen molar-refractivity contribution in [3.63, 3.8) is 0 Å². The Bertz CT molecular complexity index is 162. The number of aliphatic carboxylic acids is 1. The van der Waals surface area contributed by atoms with Crippen LogP contribution in [0, 0.1) is 5.92 Å². The normalized spacial score (nSPS) is 12.7. The number of hydrogen-bond acceptors (Lipinski definition) is 3. The molecule has 11 heavy (non-hydrogen) atoms. The van der Waals surface area contributed by atoms with Crippen molar-refractivity contribution in [3.8, 4) is 0 Å². The fraction of sp³-hybridized carbons (Fsp3) is 0.714. The van der Waals surface area contributed by atoms with Crippen LogP contribution < -0.4 is 0 Å². The summed E-state index contributed by atoms with van der Waals surface area (Å²) in [5.74, 6) is -1.89. The maximum absolute atomic E-state index is 10.8. The number of esters is 1. The van der Waals surface area contributed by atoms with Gasteiger partial charge in [0.15, 0.2) is 6.10 Å². The molecule has 0 aromatic heterocycles. The quantitative estimate of drug-likeness (QED) is 0.616. The van der Waals surface area contributed by atoms with Crippen molar-refractivity contribution >= 4 is 11.9 Å². The van der Waals surface area contributed by atoms with E-state index < -0.39 is 18.0 Å². The molecule has 0 saturated heterocycles. The van der Waals surface area contributed by atoms with E-state index in [1.54, 1.807) is 13.8 Å². The Balaban J connectivity index is 3.85. The largest absolute Gasteiger partial charge is 0.479 e. The Morgan fingerprint density at radius 2 is 1.73 bits per heavy atom. The first-order valence-corrected chi connectivity index (χ1v) is 3.38. The van der Waals surface area contributed by atoms with Gasteiger partial charge in [-0.15, -0.1) is 0 Å². The van der Waals surface area contributed by atoms with Crippen LogP contribution in [-0.2, 0) is 14.3 Å². The van der Waals surface area contributed by atoms with Crippen LogP contribution in [-0.4, -0.2) is 23.1 Å². The molecule has 0 saturated carbocycles. The third-order valence-electron chi connectivity index (χ3n) is 1.11. The number of hydrogen-bond donors (Lipinski definition) is 1. The molecule has 0 rings (SSSR count). The molecule has 0 amide bonds. The lowest BCUT2D eigenvalue weighted by molar-refractivity contribution is -0.164. The van der Waals surface area contributed by atoms with Crippen LogP contribution in [0.25, 0.3) is 0 Å². The van der Waals surface area contributed by atoms with Crippen LogP contribution in [0.2, 0.25) is 0 Å². The van der Waals surface area contributed by atoms with Gasteiger partial charge in [-0.2, -0.15) is 0 Å². The lowest BCUT2D eigenvalue weighted by Gasteiger charge is -2.09. The van der Waals surface area contributed by atoms with Crippen LogP contribution >= 0.6 is 0 Å². The SMILES string of the molecule is CC(C)C(=O)O[C@@H](C)C(=O)O. The van der Waals surface area contributed by atoms with E-state index in [4.69, 9.17) is 5.11 Å². The summed E-state index contributed by atoms with van der Waals surface area (Å²) in [7, 11) is 0. The molecular formula is C7H12O4. The van der Waals surface area contributed by atoms with E-state index in [0.717, 1.165) is 0 Å². The Labute approximate surface area is 65.2 Å². The molecule has 0 fully saturated rings. The molecule has 4 heteroatoms. The highest BCUT2D eigenvalue weighted by molar-refractivity contribution is 5.78. The van der Waals surface area contributed by atoms with Crippen molar-refractivity contribution in [1.29, 1.82) is 0 Å². The average molecular weight is 160 g/mol. The summed E-state index contributed by atoms with van der Waals surface area (Å²) in [5, 5.41) is 8.34. The Kier molecular flexibility index (Phi) is 3.57. The molecule has 0 bridgehead atoms. The highest BCUT2D eigenvalue weighted by Crippen LogP contribution is 1.99. The minimum Gasteiger partial charge on any atom is -0.479 e. The van der Waals surface area contributed by atoms with E-state index in [0.29, 0.717) is 0 Å². The third kappa shape index (κ3) is 3.60. The van der Waals surface area contributed by atoms with Crippen molar-refractivity contribution < 1.29 is 19.4 Å². The molecule has 0 aliphatic heterocycles. The third-order valence-corrected chi connectivity index (χ3v) is 1.11. The number of ether oxygens (including phenoxy) is 1. The minimum atomic E-state index is -1.13. The lowest BCUT2D eigenvalue weighted by Crippen LogP contribution is -2.25. The summed E-state index contributed by atoms with van der Waals surface area (Å²) in [6.07, 6.45) is -1.05. The highest BCUT2D eigenvalue weighted by atomic mass is 16.6. The second-order valence-electron chi connectivity index (χ2n) is 2.57. The van der Waals surface area contributed by atoms with E-state index in [2.05, 4.69) is 4.74 Å². The predicted octanol–water partition coefficient (Wildman–Crippen LogP) is 0.659. The molecule has 0 aliphatic carbocycles. The van der Waals surface area contributed by atoms with Crippen molar-refractivity contribution in [2.75, 3.05) is 0 Å². The monoisotopic (exact) mass is 160 g/mol. The van der Waals surface area contributed by atoms with Gasteiger partial charge in [0.2, 0.25) is 0 Å². The fourth-order valence-corrected chi connectivity index (χ4v) is 0.361. The van der Waals surface area contributed by atoms with Crippen LogP contribution in [0.1, 0.15) is 20.8 Å². The predicted molar refractivity (Wildman–Crippen MR) is 38.0 cm³/mol. The van der Waals surface area contributed by atoms with Crippen molar-refractivity contribution in [2.45, 2.75) is 26.9 Å². The van der Waals surface area contributed by atoms with Gasteiger partial charge in [0, 0.05) is 0 Å². The Hall–Kier alpha value is -1.06. The molecular weight excluding hydrogens is 148 g/mol. The van der Waals surface area contributed by atoms with Gasteiger partial charge < -0.3 is 9.84 Å². The first-order chi connectivity index (χ1) is 4.95. The molecule has 1 N–H and O–H groups in total. The van der Waals surface area contributed by atoms with Crippen LogP contribution in [0.5, 0.6) is 0 Å². The number of rotatable bonds is 3. The first kappa shape index (κ1) is 9.94. The van der Waals surface area contributed by atoms with Crippen LogP contribution in [0.3, 0.4) is 0 Å². The van der Waals surface area contributed by atoms with Crippen molar-refractivity contribution in [1.82, 2.24) is 0 Å². The Morgan fingerprint density at radius 3 is 2.00 bits per heavy atom. The smallest absolute Gasteiger partial charge is 0.344 e. The number of carbonyl (C=O) groups excluding carboxylic acids is 1. The molecule has 0 unspecified atom stereocenters. The molecule has 64 valence electrons. The van der Waals surface area contributed by atoms with Gasteiger partial charge >= 0.3 is 11.9 Å². The number of carboxylic acid groups (broad SMARTS) is 1. The zero-order valence-corrected chi connectivity index (χ0v) is 6.83. The molecule has 0 heterocycles. The van der Waals surface area contributed by atoms with E-state index in [-0.39, 0.29) is 5.92 Å². The highest BCUT2D eigenvalue weighted by Gasteiger charge is 2.17. The fourth-order valence-electron chi connectivity index (χ4n) is 0.361. The van der Waals surface area contributed by atoms with E-state index in [9.17, 15) is 9.59 Å². The minimum absolute atomic E-state index is 0.281. The van der Waals surface area contributed by atoms with Gasteiger partial charge in [0.05, 0.1) is 5.92 Å². The topological polar surface area (TPSA) is 63.6 Å².